The minimum Gasteiger partial charge on any atom is -0.305 e. The van der Waals surface area contributed by atoms with E-state index in [1.54, 1.807) is 0 Å². The Morgan fingerprint density at radius 3 is 2.67 bits per heavy atom. The topological polar surface area (TPSA) is 24.9 Å². The van der Waals surface area contributed by atoms with Crippen molar-refractivity contribution in [1.29, 1.82) is 0 Å². The summed E-state index contributed by atoms with van der Waals surface area (Å²) in [4.78, 5) is 6.84. The predicted octanol–water partition coefficient (Wildman–Crippen LogP) is 4.66. The highest BCUT2D eigenvalue weighted by atomic mass is 32.1. The van der Waals surface area contributed by atoms with E-state index in [-0.39, 0.29) is 0 Å². The molecule has 0 radical (unpaired) electrons. The van der Waals surface area contributed by atoms with E-state index < -0.39 is 0 Å². The van der Waals surface area contributed by atoms with Gasteiger partial charge in [0.15, 0.2) is 0 Å². The molecule has 0 fully saturated rings. The normalized spacial score (nSPS) is 12.2. The SMILES string of the molecule is C[C@@H](NCc1ccc(-c2ccccc2)s1)c1cccnc1. The molecule has 2 heterocycles. The van der Waals surface area contributed by atoms with Crippen LogP contribution < -0.4 is 5.32 Å². The van der Waals surface area contributed by atoms with Gasteiger partial charge >= 0.3 is 0 Å². The second-order valence-electron chi connectivity index (χ2n) is 5.02. The maximum Gasteiger partial charge on any atom is 0.0346 e. The molecular weight excluding hydrogens is 276 g/mol. The summed E-state index contributed by atoms with van der Waals surface area (Å²) in [5.41, 5.74) is 2.51. The first-order valence-corrected chi connectivity index (χ1v) is 7.92. The van der Waals surface area contributed by atoms with Gasteiger partial charge in [-0.05, 0) is 36.2 Å². The molecule has 0 unspecified atom stereocenters. The van der Waals surface area contributed by atoms with Crippen LogP contribution in [0.25, 0.3) is 10.4 Å². The van der Waals surface area contributed by atoms with Crippen molar-refractivity contribution in [3.63, 3.8) is 0 Å². The van der Waals surface area contributed by atoms with E-state index >= 15 is 0 Å². The highest BCUT2D eigenvalue weighted by molar-refractivity contribution is 7.15. The van der Waals surface area contributed by atoms with Gasteiger partial charge < -0.3 is 5.32 Å². The zero-order valence-electron chi connectivity index (χ0n) is 12.0. The standard InChI is InChI=1S/C18H18N2S/c1-14(16-8-5-11-19-12-16)20-13-17-9-10-18(21-17)15-6-3-2-4-7-15/h2-12,14,20H,13H2,1H3/t14-/m1/s1. The molecule has 1 N–H and O–H groups in total. The zero-order chi connectivity index (χ0) is 14.5. The summed E-state index contributed by atoms with van der Waals surface area (Å²) in [5.74, 6) is 0. The van der Waals surface area contributed by atoms with E-state index in [0.29, 0.717) is 6.04 Å². The minimum atomic E-state index is 0.306. The lowest BCUT2D eigenvalue weighted by molar-refractivity contribution is 0.577. The number of thiophene rings is 1. The van der Waals surface area contributed by atoms with Crippen molar-refractivity contribution in [3.05, 3.63) is 77.4 Å². The van der Waals surface area contributed by atoms with Gasteiger partial charge in [-0.1, -0.05) is 36.4 Å². The van der Waals surface area contributed by atoms with Crippen molar-refractivity contribution in [3.8, 4) is 10.4 Å². The van der Waals surface area contributed by atoms with E-state index in [0.717, 1.165) is 6.54 Å². The lowest BCUT2D eigenvalue weighted by Crippen LogP contribution is -2.17. The number of nitrogens with one attached hydrogen (secondary N) is 1. The lowest BCUT2D eigenvalue weighted by atomic mass is 10.1. The van der Waals surface area contributed by atoms with Crippen LogP contribution in [0.4, 0.5) is 0 Å². The van der Waals surface area contributed by atoms with Gasteiger partial charge in [0.25, 0.3) is 0 Å². The minimum absolute atomic E-state index is 0.306. The monoisotopic (exact) mass is 294 g/mol. The molecule has 3 rings (SSSR count). The summed E-state index contributed by atoms with van der Waals surface area (Å²) >= 11 is 1.85. The van der Waals surface area contributed by atoms with Crippen LogP contribution in [0, 0.1) is 0 Å². The Morgan fingerprint density at radius 2 is 1.90 bits per heavy atom. The number of hydrogen-bond donors (Lipinski definition) is 1. The number of rotatable bonds is 5. The Balaban J connectivity index is 1.63. The zero-order valence-corrected chi connectivity index (χ0v) is 12.8. The van der Waals surface area contributed by atoms with Crippen LogP contribution in [0.15, 0.2) is 67.0 Å². The number of nitrogens with zero attached hydrogens (tertiary/aromatic N) is 1. The second kappa shape index (κ2) is 6.66. The molecule has 3 heteroatoms. The molecule has 1 aromatic carbocycles. The average Bonchev–Trinajstić information content (AvgIpc) is 3.03. The molecule has 2 nitrogen and oxygen atoms in total. The summed E-state index contributed by atoms with van der Waals surface area (Å²) in [5, 5.41) is 3.55. The summed E-state index contributed by atoms with van der Waals surface area (Å²) in [6.45, 7) is 3.05. The summed E-state index contributed by atoms with van der Waals surface area (Å²) in [7, 11) is 0. The van der Waals surface area contributed by atoms with Crippen LogP contribution in [-0.4, -0.2) is 4.98 Å². The molecule has 0 saturated carbocycles. The molecule has 0 amide bonds. The third-order valence-corrected chi connectivity index (χ3v) is 4.62. The van der Waals surface area contributed by atoms with Crippen LogP contribution in [0.3, 0.4) is 0 Å². The third kappa shape index (κ3) is 3.57. The van der Waals surface area contributed by atoms with E-state index in [1.165, 1.54) is 20.9 Å². The number of hydrogen-bond acceptors (Lipinski definition) is 3. The van der Waals surface area contributed by atoms with Gasteiger partial charge in [-0.25, -0.2) is 0 Å². The van der Waals surface area contributed by atoms with E-state index in [4.69, 9.17) is 0 Å². The number of pyridine rings is 1. The second-order valence-corrected chi connectivity index (χ2v) is 6.19. The molecule has 2 aromatic heterocycles. The average molecular weight is 294 g/mol. The van der Waals surface area contributed by atoms with Crippen molar-refractivity contribution in [2.75, 3.05) is 0 Å². The Labute approximate surface area is 129 Å². The maximum atomic E-state index is 4.17. The van der Waals surface area contributed by atoms with E-state index in [2.05, 4.69) is 65.8 Å². The molecule has 0 aliphatic carbocycles. The van der Waals surface area contributed by atoms with Gasteiger partial charge in [0.1, 0.15) is 0 Å². The van der Waals surface area contributed by atoms with Crippen molar-refractivity contribution in [2.24, 2.45) is 0 Å². The Hall–Kier alpha value is -1.97. The molecule has 0 bridgehead atoms. The summed E-state index contributed by atoms with van der Waals surface area (Å²) in [6.07, 6.45) is 3.73. The molecular formula is C18H18N2S. The summed E-state index contributed by atoms with van der Waals surface area (Å²) in [6, 6.07) is 19.3. The van der Waals surface area contributed by atoms with Crippen molar-refractivity contribution < 1.29 is 0 Å². The molecule has 3 aromatic rings. The first-order valence-electron chi connectivity index (χ1n) is 7.10. The van der Waals surface area contributed by atoms with Gasteiger partial charge in [-0.15, -0.1) is 11.3 Å². The highest BCUT2D eigenvalue weighted by Crippen LogP contribution is 2.28. The smallest absolute Gasteiger partial charge is 0.0346 e. The Kier molecular flexibility index (Phi) is 4.43. The van der Waals surface area contributed by atoms with Gasteiger partial charge in [0.2, 0.25) is 0 Å². The van der Waals surface area contributed by atoms with Crippen molar-refractivity contribution in [2.45, 2.75) is 19.5 Å². The maximum absolute atomic E-state index is 4.17. The molecule has 106 valence electrons. The van der Waals surface area contributed by atoms with Crippen LogP contribution in [-0.2, 0) is 6.54 Å². The van der Waals surface area contributed by atoms with Crippen molar-refractivity contribution >= 4 is 11.3 Å². The van der Waals surface area contributed by atoms with Crippen LogP contribution in [0.5, 0.6) is 0 Å². The molecule has 0 saturated heterocycles. The predicted molar refractivity (Wildman–Crippen MR) is 89.2 cm³/mol. The van der Waals surface area contributed by atoms with E-state index in [1.807, 2.05) is 29.8 Å². The Morgan fingerprint density at radius 1 is 1.05 bits per heavy atom. The quantitative estimate of drug-likeness (QED) is 0.740. The lowest BCUT2D eigenvalue weighted by Gasteiger charge is -2.12. The molecule has 1 atom stereocenters. The highest BCUT2D eigenvalue weighted by Gasteiger charge is 2.06. The number of benzene rings is 1. The van der Waals surface area contributed by atoms with Crippen LogP contribution in [0.1, 0.15) is 23.4 Å². The van der Waals surface area contributed by atoms with E-state index in [9.17, 15) is 0 Å². The third-order valence-electron chi connectivity index (χ3n) is 3.49. The first kappa shape index (κ1) is 14.0. The fourth-order valence-corrected chi connectivity index (χ4v) is 3.20. The van der Waals surface area contributed by atoms with Crippen molar-refractivity contribution in [1.82, 2.24) is 10.3 Å². The largest absolute Gasteiger partial charge is 0.305 e. The van der Waals surface area contributed by atoms with Crippen LogP contribution >= 0.6 is 11.3 Å². The van der Waals surface area contributed by atoms with Gasteiger partial charge in [0, 0.05) is 34.7 Å². The van der Waals surface area contributed by atoms with Crippen LogP contribution in [0.2, 0.25) is 0 Å². The summed E-state index contributed by atoms with van der Waals surface area (Å²) < 4.78 is 0. The molecule has 0 aliphatic heterocycles. The molecule has 21 heavy (non-hydrogen) atoms. The Bertz CT molecular complexity index is 677. The first-order chi connectivity index (χ1) is 10.3. The van der Waals surface area contributed by atoms with Gasteiger partial charge in [0.05, 0.1) is 0 Å². The fourth-order valence-electron chi connectivity index (χ4n) is 2.23. The fraction of sp³-hybridized carbons (Fsp3) is 0.167. The molecule has 0 spiro atoms. The number of aromatic nitrogens is 1. The van der Waals surface area contributed by atoms with Gasteiger partial charge in [-0.2, -0.15) is 0 Å². The molecule has 0 aliphatic rings. The van der Waals surface area contributed by atoms with Gasteiger partial charge in [-0.3, -0.25) is 4.98 Å².